The number of carboxylic acids is 1. The lowest BCUT2D eigenvalue weighted by molar-refractivity contribution is -0.145. The summed E-state index contributed by atoms with van der Waals surface area (Å²) in [5.74, 6) is -0.855. The predicted molar refractivity (Wildman–Crippen MR) is 142 cm³/mol. The smallest absolute Gasteiger partial charge is 0.419 e. The van der Waals surface area contributed by atoms with Gasteiger partial charge >= 0.3 is 12.1 Å². The number of sulfone groups is 1. The molecule has 3 aromatic carbocycles. The molecule has 1 heterocycles. The van der Waals surface area contributed by atoms with E-state index < -0.39 is 33.0 Å². The van der Waals surface area contributed by atoms with Gasteiger partial charge in [0.1, 0.15) is 27.9 Å². The molecule has 40 heavy (non-hydrogen) atoms. The molecule has 0 atom stereocenters. The Morgan fingerprint density at radius 3 is 2.30 bits per heavy atom. The molecule has 0 unspecified atom stereocenters. The SMILES string of the molecule is CS(=O)(=O)CCCOc1ccc(-c2cccc(COc3ccc(C4(CC(=O)O)COC4)cc3)c2)cc1C(F)(F)F. The van der Waals surface area contributed by atoms with Crippen molar-refractivity contribution in [1.29, 1.82) is 0 Å². The van der Waals surface area contributed by atoms with E-state index in [1.807, 2.05) is 12.1 Å². The highest BCUT2D eigenvalue weighted by atomic mass is 32.2. The van der Waals surface area contributed by atoms with E-state index in [0.29, 0.717) is 30.1 Å². The minimum absolute atomic E-state index is 0.0215. The molecule has 1 N–H and O–H groups in total. The molecule has 4 rings (SSSR count). The summed E-state index contributed by atoms with van der Waals surface area (Å²) in [5.41, 5.74) is 1.03. The summed E-state index contributed by atoms with van der Waals surface area (Å²) in [7, 11) is -3.23. The van der Waals surface area contributed by atoms with Crippen LogP contribution in [0.15, 0.2) is 66.7 Å². The lowest BCUT2D eigenvalue weighted by Crippen LogP contribution is -2.48. The third-order valence-electron chi connectivity index (χ3n) is 6.58. The van der Waals surface area contributed by atoms with Crippen LogP contribution in [0, 0.1) is 0 Å². The van der Waals surface area contributed by atoms with Crippen molar-refractivity contribution in [2.45, 2.75) is 31.0 Å². The van der Waals surface area contributed by atoms with E-state index in [9.17, 15) is 31.5 Å². The minimum Gasteiger partial charge on any atom is -0.493 e. The van der Waals surface area contributed by atoms with Gasteiger partial charge < -0.3 is 19.3 Å². The fourth-order valence-electron chi connectivity index (χ4n) is 4.48. The molecule has 1 fully saturated rings. The van der Waals surface area contributed by atoms with Gasteiger partial charge in [0.05, 0.1) is 43.0 Å². The fourth-order valence-corrected chi connectivity index (χ4v) is 5.12. The third-order valence-corrected chi connectivity index (χ3v) is 7.61. The van der Waals surface area contributed by atoms with Crippen molar-refractivity contribution in [3.63, 3.8) is 0 Å². The quantitative estimate of drug-likeness (QED) is 0.283. The normalized spacial score (nSPS) is 14.8. The third kappa shape index (κ3) is 7.54. The molecular formula is C29H29F3O7S. The van der Waals surface area contributed by atoms with Crippen molar-refractivity contribution in [2.24, 2.45) is 0 Å². The van der Waals surface area contributed by atoms with Crippen LogP contribution in [0.2, 0.25) is 0 Å². The molecule has 1 aliphatic rings. The molecule has 1 aliphatic heterocycles. The summed E-state index contributed by atoms with van der Waals surface area (Å²) in [6.07, 6.45) is -3.54. The largest absolute Gasteiger partial charge is 0.493 e. The molecule has 1 saturated heterocycles. The first kappa shape index (κ1) is 29.4. The van der Waals surface area contributed by atoms with Crippen molar-refractivity contribution >= 4 is 15.8 Å². The van der Waals surface area contributed by atoms with E-state index in [1.54, 1.807) is 36.4 Å². The Morgan fingerprint density at radius 2 is 1.70 bits per heavy atom. The summed E-state index contributed by atoms with van der Waals surface area (Å²) >= 11 is 0. The van der Waals surface area contributed by atoms with Crippen LogP contribution in [0.5, 0.6) is 11.5 Å². The molecular weight excluding hydrogens is 549 g/mol. The van der Waals surface area contributed by atoms with Crippen LogP contribution in [-0.4, -0.2) is 51.3 Å². The second kappa shape index (κ2) is 11.9. The van der Waals surface area contributed by atoms with Crippen LogP contribution in [0.4, 0.5) is 13.2 Å². The van der Waals surface area contributed by atoms with Crippen LogP contribution < -0.4 is 9.47 Å². The Bertz CT molecular complexity index is 1450. The van der Waals surface area contributed by atoms with Gasteiger partial charge in [-0.1, -0.05) is 36.4 Å². The van der Waals surface area contributed by atoms with Gasteiger partial charge in [-0.15, -0.1) is 0 Å². The fraction of sp³-hybridized carbons (Fsp3) is 0.345. The Morgan fingerprint density at radius 1 is 1.00 bits per heavy atom. The molecule has 0 spiro atoms. The van der Waals surface area contributed by atoms with E-state index in [4.69, 9.17) is 14.2 Å². The van der Waals surface area contributed by atoms with E-state index in [0.717, 1.165) is 23.4 Å². The average molecular weight is 579 g/mol. The first-order valence-electron chi connectivity index (χ1n) is 12.5. The second-order valence-electron chi connectivity index (χ2n) is 9.90. The summed E-state index contributed by atoms with van der Waals surface area (Å²) in [5, 5.41) is 9.22. The number of hydrogen-bond acceptors (Lipinski definition) is 6. The van der Waals surface area contributed by atoms with Gasteiger partial charge in [0, 0.05) is 6.26 Å². The van der Waals surface area contributed by atoms with Crippen LogP contribution in [0.3, 0.4) is 0 Å². The Labute approximate surface area is 230 Å². The van der Waals surface area contributed by atoms with Gasteiger partial charge in [-0.3, -0.25) is 4.79 Å². The van der Waals surface area contributed by atoms with Gasteiger partial charge in [-0.05, 0) is 59.0 Å². The maximum Gasteiger partial charge on any atom is 0.419 e. The summed E-state index contributed by atoms with van der Waals surface area (Å²) in [6, 6.07) is 17.9. The van der Waals surface area contributed by atoms with Crippen molar-refractivity contribution < 1.29 is 45.7 Å². The molecule has 0 aromatic heterocycles. The van der Waals surface area contributed by atoms with Crippen LogP contribution in [0.25, 0.3) is 11.1 Å². The highest BCUT2D eigenvalue weighted by molar-refractivity contribution is 7.90. The number of hydrogen-bond donors (Lipinski definition) is 1. The molecule has 0 amide bonds. The molecule has 214 valence electrons. The monoisotopic (exact) mass is 578 g/mol. The van der Waals surface area contributed by atoms with E-state index in [-0.39, 0.29) is 37.6 Å². The first-order chi connectivity index (χ1) is 18.8. The van der Waals surface area contributed by atoms with Gasteiger partial charge in [-0.2, -0.15) is 13.2 Å². The van der Waals surface area contributed by atoms with Crippen molar-refractivity contribution in [1.82, 2.24) is 0 Å². The highest BCUT2D eigenvalue weighted by Gasteiger charge is 2.42. The lowest BCUT2D eigenvalue weighted by atomic mass is 9.76. The number of carboxylic acid groups (broad SMARTS) is 1. The van der Waals surface area contributed by atoms with Gasteiger partial charge in [0.15, 0.2) is 0 Å². The standard InChI is InChI=1S/C29H29F3O7S/c1-40(35,36)13-3-12-38-26-11-6-22(15-25(26)29(30,31)32)21-5-2-4-20(14-21)17-39-24-9-7-23(8-10-24)28(16-27(33)34)18-37-19-28/h2,4-11,14-15H,3,12-13,16-19H2,1H3,(H,33,34). The average Bonchev–Trinajstić information content (AvgIpc) is 2.87. The van der Waals surface area contributed by atoms with Gasteiger partial charge in [-0.25, -0.2) is 8.42 Å². The van der Waals surface area contributed by atoms with Crippen molar-refractivity contribution in [3.05, 3.63) is 83.4 Å². The Kier molecular flexibility index (Phi) is 8.74. The number of carbonyl (C=O) groups is 1. The second-order valence-corrected chi connectivity index (χ2v) is 12.2. The molecule has 0 radical (unpaired) electrons. The van der Waals surface area contributed by atoms with Crippen LogP contribution in [-0.2, 0) is 37.6 Å². The van der Waals surface area contributed by atoms with Crippen molar-refractivity contribution in [2.75, 3.05) is 31.8 Å². The van der Waals surface area contributed by atoms with Gasteiger partial charge in [0.2, 0.25) is 0 Å². The summed E-state index contributed by atoms with van der Waals surface area (Å²) in [4.78, 5) is 11.2. The first-order valence-corrected chi connectivity index (χ1v) is 14.5. The Balaban J connectivity index is 1.44. The number of alkyl halides is 3. The summed E-state index contributed by atoms with van der Waals surface area (Å²) in [6.45, 7) is 0.707. The maximum absolute atomic E-state index is 13.8. The molecule has 0 aliphatic carbocycles. The highest BCUT2D eigenvalue weighted by Crippen LogP contribution is 2.39. The minimum atomic E-state index is -4.66. The topological polar surface area (TPSA) is 99.1 Å². The number of rotatable bonds is 12. The zero-order valence-corrected chi connectivity index (χ0v) is 22.6. The molecule has 7 nitrogen and oxygen atoms in total. The number of ether oxygens (including phenoxy) is 3. The number of halogens is 3. The number of benzene rings is 3. The molecule has 0 saturated carbocycles. The van der Waals surface area contributed by atoms with Crippen LogP contribution in [0.1, 0.15) is 29.5 Å². The zero-order valence-electron chi connectivity index (χ0n) is 21.7. The number of aliphatic carboxylic acids is 1. The van der Waals surface area contributed by atoms with Crippen LogP contribution >= 0.6 is 0 Å². The maximum atomic E-state index is 13.8. The predicted octanol–water partition coefficient (Wildman–Crippen LogP) is 5.51. The molecule has 0 bridgehead atoms. The molecule has 11 heteroatoms. The van der Waals surface area contributed by atoms with E-state index >= 15 is 0 Å². The molecule has 3 aromatic rings. The van der Waals surface area contributed by atoms with E-state index in [2.05, 4.69) is 0 Å². The Hall–Kier alpha value is -3.57. The zero-order chi connectivity index (χ0) is 29.0. The van der Waals surface area contributed by atoms with Crippen molar-refractivity contribution in [3.8, 4) is 22.6 Å². The van der Waals surface area contributed by atoms with E-state index in [1.165, 1.54) is 12.1 Å². The lowest BCUT2D eigenvalue weighted by Gasteiger charge is -2.40. The van der Waals surface area contributed by atoms with Gasteiger partial charge in [0.25, 0.3) is 0 Å². The summed E-state index contributed by atoms with van der Waals surface area (Å²) < 4.78 is 80.3.